The number of hydrogen-bond acceptors (Lipinski definition) is 4. The van der Waals surface area contributed by atoms with Crippen molar-refractivity contribution in [2.45, 2.75) is 78.3 Å². The lowest BCUT2D eigenvalue weighted by atomic mass is 9.70. The van der Waals surface area contributed by atoms with Gasteiger partial charge in [-0.1, -0.05) is 19.9 Å². The molecule has 4 nitrogen and oxygen atoms in total. The molecule has 1 fully saturated rings. The Morgan fingerprint density at radius 1 is 1.27 bits per heavy atom. The van der Waals surface area contributed by atoms with Crippen molar-refractivity contribution in [3.05, 3.63) is 11.5 Å². The predicted molar refractivity (Wildman–Crippen MR) is 88.3 cm³/mol. The van der Waals surface area contributed by atoms with Crippen molar-refractivity contribution in [2.75, 3.05) is 6.61 Å². The largest absolute Gasteiger partial charge is 0.490 e. The van der Waals surface area contributed by atoms with Crippen LogP contribution in [-0.2, 0) is 14.0 Å². The lowest BCUT2D eigenvalue weighted by molar-refractivity contribution is -0.142. The normalized spacial score (nSPS) is 28.8. The lowest BCUT2D eigenvalue weighted by Gasteiger charge is -2.32. The topological polar surface area (TPSA) is 47.9 Å². The van der Waals surface area contributed by atoms with E-state index < -0.39 is 6.29 Å². The highest BCUT2D eigenvalue weighted by Gasteiger charge is 2.52. The van der Waals surface area contributed by atoms with Gasteiger partial charge in [-0.2, -0.15) is 0 Å². The zero-order chi connectivity index (χ0) is 16.5. The molecule has 22 heavy (non-hydrogen) atoms. The van der Waals surface area contributed by atoms with Gasteiger partial charge < -0.3 is 19.2 Å². The van der Waals surface area contributed by atoms with Crippen LogP contribution < -0.4 is 0 Å². The first kappa shape index (κ1) is 18.0. The van der Waals surface area contributed by atoms with E-state index in [1.54, 1.807) is 0 Å². The molecule has 0 spiro atoms. The monoisotopic (exact) mass is 310 g/mol. The van der Waals surface area contributed by atoms with Crippen molar-refractivity contribution in [2.24, 2.45) is 11.8 Å². The van der Waals surface area contributed by atoms with Crippen LogP contribution in [0.4, 0.5) is 0 Å². The van der Waals surface area contributed by atoms with Crippen LogP contribution in [0.5, 0.6) is 0 Å². The summed E-state index contributed by atoms with van der Waals surface area (Å²) in [6, 6.07) is 0. The predicted octanol–water partition coefficient (Wildman–Crippen LogP) is 3.34. The minimum Gasteiger partial charge on any atom is -0.400 e. The van der Waals surface area contributed by atoms with E-state index in [0.29, 0.717) is 12.5 Å². The molecule has 2 aliphatic rings. The second-order valence-electron chi connectivity index (χ2n) is 8.02. The van der Waals surface area contributed by atoms with E-state index in [1.165, 1.54) is 5.47 Å². The molecule has 0 aromatic rings. The first-order valence-electron chi connectivity index (χ1n) is 8.46. The van der Waals surface area contributed by atoms with Gasteiger partial charge in [0.05, 0.1) is 17.8 Å². The number of ether oxygens (including phenoxy) is 1. The Morgan fingerprint density at radius 3 is 2.32 bits per heavy atom. The molecule has 0 saturated carbocycles. The second kappa shape index (κ2) is 6.64. The van der Waals surface area contributed by atoms with Crippen molar-refractivity contribution < 1.29 is 19.2 Å². The molecule has 1 heterocycles. The fourth-order valence-corrected chi connectivity index (χ4v) is 2.77. The molecule has 2 atom stereocenters. The highest BCUT2D eigenvalue weighted by Crippen LogP contribution is 2.40. The summed E-state index contributed by atoms with van der Waals surface area (Å²) in [5.41, 5.74) is 0.607. The molecule has 0 aromatic heterocycles. The Hall–Kier alpha value is -0.355. The van der Waals surface area contributed by atoms with Crippen LogP contribution in [0.25, 0.3) is 0 Å². The van der Waals surface area contributed by atoms with Crippen molar-refractivity contribution in [3.8, 4) is 0 Å². The van der Waals surface area contributed by atoms with Crippen molar-refractivity contribution in [1.29, 1.82) is 0 Å². The highest BCUT2D eigenvalue weighted by atomic mass is 16.7. The Morgan fingerprint density at radius 2 is 1.86 bits per heavy atom. The third-order valence-corrected chi connectivity index (χ3v) is 5.05. The number of aliphatic hydroxyl groups is 1. The Balaban J connectivity index is 1.90. The fraction of sp³-hybridized carbons (Fsp3) is 0.882. The van der Waals surface area contributed by atoms with Gasteiger partial charge in [-0.3, -0.25) is 0 Å². The summed E-state index contributed by atoms with van der Waals surface area (Å²) in [4.78, 5) is 0. The van der Waals surface area contributed by atoms with E-state index >= 15 is 0 Å². The van der Waals surface area contributed by atoms with Gasteiger partial charge in [0.2, 0.25) is 0 Å². The van der Waals surface area contributed by atoms with Gasteiger partial charge >= 0.3 is 7.12 Å². The van der Waals surface area contributed by atoms with Gasteiger partial charge in [0, 0.05) is 5.92 Å². The van der Waals surface area contributed by atoms with Crippen molar-refractivity contribution in [3.63, 3.8) is 0 Å². The fourth-order valence-electron chi connectivity index (χ4n) is 2.77. The molecule has 1 aliphatic heterocycles. The molecule has 0 amide bonds. The van der Waals surface area contributed by atoms with Crippen molar-refractivity contribution in [1.82, 2.24) is 0 Å². The maximum Gasteiger partial charge on any atom is 0.490 e. The quantitative estimate of drug-likeness (QED) is 0.625. The van der Waals surface area contributed by atoms with Crippen LogP contribution in [-0.4, -0.2) is 36.3 Å². The minimum atomic E-state index is -0.668. The Kier molecular flexibility index (Phi) is 5.43. The van der Waals surface area contributed by atoms with Crippen LogP contribution in [0.15, 0.2) is 11.5 Å². The zero-order valence-electron chi connectivity index (χ0n) is 14.9. The molecule has 5 heteroatoms. The summed E-state index contributed by atoms with van der Waals surface area (Å²) in [5, 5.41) is 10.1. The van der Waals surface area contributed by atoms with Crippen LogP contribution in [0.1, 0.15) is 60.8 Å². The average molecular weight is 310 g/mol. The van der Waals surface area contributed by atoms with Crippen molar-refractivity contribution >= 4 is 7.12 Å². The van der Waals surface area contributed by atoms with E-state index in [-0.39, 0.29) is 24.2 Å². The molecule has 2 rings (SSSR count). The first-order valence-corrected chi connectivity index (χ1v) is 8.46. The van der Waals surface area contributed by atoms with Gasteiger partial charge in [-0.05, 0) is 58.3 Å². The molecular weight excluding hydrogens is 279 g/mol. The van der Waals surface area contributed by atoms with Gasteiger partial charge in [0.1, 0.15) is 0 Å². The van der Waals surface area contributed by atoms with E-state index in [1.807, 2.05) is 0 Å². The molecule has 1 saturated heterocycles. The van der Waals surface area contributed by atoms with E-state index in [2.05, 4.69) is 47.6 Å². The van der Waals surface area contributed by atoms with Crippen LogP contribution >= 0.6 is 0 Å². The molecule has 1 aliphatic carbocycles. The number of rotatable bonds is 5. The molecule has 0 radical (unpaired) electrons. The zero-order valence-corrected chi connectivity index (χ0v) is 14.9. The molecule has 0 aromatic carbocycles. The summed E-state index contributed by atoms with van der Waals surface area (Å²) >= 11 is 0. The molecule has 1 N–H and O–H groups in total. The Labute approximate surface area is 135 Å². The third-order valence-electron chi connectivity index (χ3n) is 5.05. The van der Waals surface area contributed by atoms with E-state index in [9.17, 15) is 5.11 Å². The number of allylic oxidation sites excluding steroid dienone is 2. The minimum absolute atomic E-state index is 0.171. The maximum absolute atomic E-state index is 10.1. The lowest BCUT2D eigenvalue weighted by Crippen LogP contribution is -2.41. The van der Waals surface area contributed by atoms with E-state index in [0.717, 1.165) is 19.3 Å². The van der Waals surface area contributed by atoms with Gasteiger partial charge in [-0.25, -0.2) is 0 Å². The molecule has 126 valence electrons. The SMILES string of the molecule is CC(C)COC(O)C1CC=C(B2OC(C)(C)C(C)(C)O2)CC1. The summed E-state index contributed by atoms with van der Waals surface area (Å²) < 4.78 is 17.7. The number of aliphatic hydroxyl groups excluding tert-OH is 1. The second-order valence-corrected chi connectivity index (χ2v) is 8.02. The third kappa shape index (κ3) is 3.94. The first-order chi connectivity index (χ1) is 10.1. The Bertz CT molecular complexity index is 401. The van der Waals surface area contributed by atoms with E-state index in [4.69, 9.17) is 14.0 Å². The van der Waals surface area contributed by atoms with Crippen LogP contribution in [0.3, 0.4) is 0 Å². The summed E-state index contributed by atoms with van der Waals surface area (Å²) in [6.07, 6.45) is 4.12. The average Bonchev–Trinajstić information content (AvgIpc) is 2.65. The summed E-state index contributed by atoms with van der Waals surface area (Å²) in [6.45, 7) is 13.1. The molecule has 0 bridgehead atoms. The van der Waals surface area contributed by atoms with Gasteiger partial charge in [0.25, 0.3) is 0 Å². The molecule has 2 unspecified atom stereocenters. The molecular formula is C17H31BO4. The van der Waals surface area contributed by atoms with Gasteiger partial charge in [-0.15, -0.1) is 0 Å². The standard InChI is InChI=1S/C17H31BO4/c1-12(2)11-20-15(19)13-7-9-14(10-8-13)18-21-16(3,4)17(5,6)22-18/h9,12-13,15,19H,7-8,10-11H2,1-6H3. The smallest absolute Gasteiger partial charge is 0.400 e. The number of hydrogen-bond donors (Lipinski definition) is 1. The van der Waals surface area contributed by atoms with Crippen LogP contribution in [0.2, 0.25) is 0 Å². The highest BCUT2D eigenvalue weighted by molar-refractivity contribution is 6.54. The summed E-state index contributed by atoms with van der Waals surface area (Å²) in [5.74, 6) is 0.610. The van der Waals surface area contributed by atoms with Crippen LogP contribution in [0, 0.1) is 11.8 Å². The summed E-state index contributed by atoms with van der Waals surface area (Å²) in [7, 11) is -0.250. The maximum atomic E-state index is 10.1. The van der Waals surface area contributed by atoms with Gasteiger partial charge in [0.15, 0.2) is 6.29 Å².